The quantitative estimate of drug-likeness (QED) is 0.419. The minimum absolute atomic E-state index is 0.233. The van der Waals surface area contributed by atoms with Gasteiger partial charge in [0.15, 0.2) is 11.5 Å². The Morgan fingerprint density at radius 2 is 1.74 bits per heavy atom. The number of nitrogens with one attached hydrogen (secondary N) is 1. The van der Waals surface area contributed by atoms with Crippen molar-refractivity contribution in [3.05, 3.63) is 47.0 Å². The first kappa shape index (κ1) is 21.2. The largest absolute Gasteiger partial charge is 0.476 e. The van der Waals surface area contributed by atoms with Gasteiger partial charge < -0.3 is 10.1 Å². The number of unbranched alkanes of at least 4 members (excludes halogenated alkanes) is 6. The number of aromatic amines is 1. The Kier molecular flexibility index (Phi) is 8.08. The predicted molar refractivity (Wildman–Crippen MR) is 109 cm³/mol. The zero-order valence-electron chi connectivity index (χ0n) is 16.8. The maximum absolute atomic E-state index is 14.5. The fraction of sp³-hybridized carbons (Fsp3) is 0.522. The summed E-state index contributed by atoms with van der Waals surface area (Å²) < 4.78 is 14.5. The lowest BCUT2D eigenvalue weighted by molar-refractivity contribution is 0.0686. The summed E-state index contributed by atoms with van der Waals surface area (Å²) in [6.45, 7) is 6.40. The van der Waals surface area contributed by atoms with Gasteiger partial charge in [-0.05, 0) is 35.4 Å². The smallest absolute Gasteiger partial charge is 0.355 e. The van der Waals surface area contributed by atoms with E-state index in [1.165, 1.54) is 56.7 Å². The molecule has 0 aliphatic heterocycles. The second kappa shape index (κ2) is 10.3. The molecule has 3 nitrogen and oxygen atoms in total. The van der Waals surface area contributed by atoms with Crippen LogP contribution in [0, 0.1) is 5.82 Å². The van der Waals surface area contributed by atoms with Crippen molar-refractivity contribution in [2.24, 2.45) is 0 Å². The molecular formula is C23H32FNO2. The average molecular weight is 374 g/mol. The van der Waals surface area contributed by atoms with Crippen LogP contribution in [-0.4, -0.2) is 16.1 Å². The van der Waals surface area contributed by atoms with E-state index in [4.69, 9.17) is 5.11 Å². The Hall–Kier alpha value is -2.10. The highest BCUT2D eigenvalue weighted by molar-refractivity contribution is 5.88. The number of benzene rings is 1. The first-order valence-electron chi connectivity index (χ1n) is 10.2. The third kappa shape index (κ3) is 5.69. The monoisotopic (exact) mass is 373 g/mol. The number of carbonyl (C=O) groups is 1. The van der Waals surface area contributed by atoms with Gasteiger partial charge in [-0.2, -0.15) is 0 Å². The molecule has 2 N–H and O–H groups in total. The van der Waals surface area contributed by atoms with E-state index in [0.717, 1.165) is 17.5 Å². The van der Waals surface area contributed by atoms with Crippen molar-refractivity contribution in [1.29, 1.82) is 0 Å². The molecule has 2 rings (SSSR count). The van der Waals surface area contributed by atoms with Crippen LogP contribution in [0.2, 0.25) is 0 Å². The van der Waals surface area contributed by atoms with E-state index in [2.05, 4.69) is 31.8 Å². The normalized spacial score (nSPS) is 11.3. The van der Waals surface area contributed by atoms with Crippen molar-refractivity contribution < 1.29 is 14.3 Å². The lowest BCUT2D eigenvalue weighted by atomic mass is 9.90. The summed E-state index contributed by atoms with van der Waals surface area (Å²) in [7, 11) is 0. The summed E-state index contributed by atoms with van der Waals surface area (Å²) in [6, 6.07) is 6.14. The molecule has 0 unspecified atom stereocenters. The second-order valence-electron chi connectivity index (χ2n) is 7.64. The van der Waals surface area contributed by atoms with Gasteiger partial charge in [-0.25, -0.2) is 9.18 Å². The van der Waals surface area contributed by atoms with Crippen LogP contribution in [0.5, 0.6) is 0 Å². The Labute approximate surface area is 162 Å². The van der Waals surface area contributed by atoms with Gasteiger partial charge in [0.2, 0.25) is 0 Å². The molecule has 0 saturated heterocycles. The molecule has 0 aliphatic rings. The Morgan fingerprint density at radius 1 is 1.07 bits per heavy atom. The second-order valence-corrected chi connectivity index (χ2v) is 7.64. The predicted octanol–water partition coefficient (Wildman–Crippen LogP) is 6.94. The van der Waals surface area contributed by atoms with Crippen molar-refractivity contribution >= 4 is 5.97 Å². The minimum atomic E-state index is -1.28. The van der Waals surface area contributed by atoms with Crippen LogP contribution in [0.25, 0.3) is 11.1 Å². The summed E-state index contributed by atoms with van der Waals surface area (Å²) in [6.07, 6.45) is 11.5. The van der Waals surface area contributed by atoms with Gasteiger partial charge in [-0.1, -0.05) is 77.5 Å². The molecule has 1 aromatic carbocycles. The fourth-order valence-electron chi connectivity index (χ4n) is 3.53. The molecule has 0 aliphatic carbocycles. The molecule has 0 fully saturated rings. The molecule has 0 radical (unpaired) electrons. The number of aryl methyl sites for hydroxylation is 1. The SMILES string of the molecule is CCCCCCCCCc1ccc(-c2c[nH]c(C(=O)O)c2F)c(C(C)C)c1. The molecule has 1 heterocycles. The van der Waals surface area contributed by atoms with E-state index in [0.29, 0.717) is 5.56 Å². The maximum Gasteiger partial charge on any atom is 0.355 e. The van der Waals surface area contributed by atoms with Gasteiger partial charge in [-0.15, -0.1) is 0 Å². The lowest BCUT2D eigenvalue weighted by Crippen LogP contribution is -2.00. The van der Waals surface area contributed by atoms with E-state index in [1.807, 2.05) is 12.1 Å². The molecule has 2 aromatic rings. The van der Waals surface area contributed by atoms with Crippen LogP contribution in [0.3, 0.4) is 0 Å². The van der Waals surface area contributed by atoms with Crippen LogP contribution >= 0.6 is 0 Å². The van der Waals surface area contributed by atoms with Gasteiger partial charge in [0, 0.05) is 11.8 Å². The molecule has 0 saturated carbocycles. The lowest BCUT2D eigenvalue weighted by Gasteiger charge is -2.14. The number of halogens is 1. The molecule has 1 aromatic heterocycles. The zero-order valence-corrected chi connectivity index (χ0v) is 16.8. The number of carboxylic acid groups (broad SMARTS) is 1. The Bertz CT molecular complexity index is 749. The van der Waals surface area contributed by atoms with Crippen LogP contribution in [0.1, 0.15) is 93.3 Å². The zero-order chi connectivity index (χ0) is 19.8. The first-order valence-corrected chi connectivity index (χ1v) is 10.2. The number of hydrogen-bond acceptors (Lipinski definition) is 1. The first-order chi connectivity index (χ1) is 13.0. The van der Waals surface area contributed by atoms with Gasteiger partial charge in [-0.3, -0.25) is 0 Å². The summed E-state index contributed by atoms with van der Waals surface area (Å²) in [4.78, 5) is 13.6. The van der Waals surface area contributed by atoms with Crippen LogP contribution < -0.4 is 0 Å². The van der Waals surface area contributed by atoms with Gasteiger partial charge in [0.1, 0.15) is 0 Å². The summed E-state index contributed by atoms with van der Waals surface area (Å²) in [5.74, 6) is -1.73. The Morgan fingerprint density at radius 3 is 2.33 bits per heavy atom. The number of aromatic nitrogens is 1. The van der Waals surface area contributed by atoms with Gasteiger partial charge in [0.25, 0.3) is 0 Å². The van der Waals surface area contributed by atoms with E-state index in [-0.39, 0.29) is 11.6 Å². The van der Waals surface area contributed by atoms with Crippen LogP contribution in [0.4, 0.5) is 4.39 Å². The third-order valence-electron chi connectivity index (χ3n) is 5.13. The highest BCUT2D eigenvalue weighted by Crippen LogP contribution is 2.33. The molecule has 27 heavy (non-hydrogen) atoms. The number of aromatic carboxylic acids is 1. The van der Waals surface area contributed by atoms with Crippen LogP contribution in [0.15, 0.2) is 24.4 Å². The van der Waals surface area contributed by atoms with Crippen molar-refractivity contribution in [1.82, 2.24) is 4.98 Å². The Balaban J connectivity index is 2.07. The third-order valence-corrected chi connectivity index (χ3v) is 5.13. The molecule has 0 amide bonds. The number of rotatable bonds is 11. The molecule has 4 heteroatoms. The molecular weight excluding hydrogens is 341 g/mol. The minimum Gasteiger partial charge on any atom is -0.476 e. The van der Waals surface area contributed by atoms with Crippen molar-refractivity contribution in [3.63, 3.8) is 0 Å². The van der Waals surface area contributed by atoms with E-state index in [1.54, 1.807) is 0 Å². The summed E-state index contributed by atoms with van der Waals surface area (Å²) in [5.41, 5.74) is 3.05. The van der Waals surface area contributed by atoms with Crippen LogP contribution in [-0.2, 0) is 6.42 Å². The molecule has 0 bridgehead atoms. The topological polar surface area (TPSA) is 53.1 Å². The standard InChI is InChI=1S/C23H32FNO2/c1-4-5-6-7-8-9-10-11-17-12-13-18(19(14-17)16(2)3)20-15-25-22(21(20)24)23(26)27/h12-16,25H,4-11H2,1-3H3,(H,26,27). The van der Waals surface area contributed by atoms with Crippen molar-refractivity contribution in [2.45, 2.75) is 78.1 Å². The molecule has 0 spiro atoms. The summed E-state index contributed by atoms with van der Waals surface area (Å²) in [5, 5.41) is 9.07. The van der Waals surface area contributed by atoms with Gasteiger partial charge >= 0.3 is 5.97 Å². The number of H-pyrrole nitrogens is 1. The maximum atomic E-state index is 14.5. The number of hydrogen-bond donors (Lipinski definition) is 2. The summed E-state index contributed by atoms with van der Waals surface area (Å²) >= 11 is 0. The van der Waals surface area contributed by atoms with Crippen molar-refractivity contribution in [3.8, 4) is 11.1 Å². The van der Waals surface area contributed by atoms with E-state index >= 15 is 0 Å². The molecule has 148 valence electrons. The van der Waals surface area contributed by atoms with E-state index < -0.39 is 11.8 Å². The highest BCUT2D eigenvalue weighted by atomic mass is 19.1. The van der Waals surface area contributed by atoms with E-state index in [9.17, 15) is 9.18 Å². The van der Waals surface area contributed by atoms with Crippen molar-refractivity contribution in [2.75, 3.05) is 0 Å². The highest BCUT2D eigenvalue weighted by Gasteiger charge is 2.20. The van der Waals surface area contributed by atoms with Gasteiger partial charge in [0.05, 0.1) is 0 Å². The number of carboxylic acids is 1. The average Bonchev–Trinajstić information content (AvgIpc) is 3.02. The fourth-order valence-corrected chi connectivity index (χ4v) is 3.53. The molecule has 0 atom stereocenters.